The van der Waals surface area contributed by atoms with E-state index in [0.29, 0.717) is 6.61 Å². The third kappa shape index (κ3) is 4.06. The standard InChI is InChI=1S/C16H21NO4/c1-3-4-14(18)16-13(9-15(19)21-16)17-12-7-5-11(6-8-12)10-20-2/h3-8,13-14,16-18H,9-10H2,1-2H3. The van der Waals surface area contributed by atoms with Crippen molar-refractivity contribution in [2.45, 2.75) is 38.2 Å². The molecule has 2 rings (SSSR count). The maximum atomic E-state index is 11.5. The zero-order valence-corrected chi connectivity index (χ0v) is 12.3. The first kappa shape index (κ1) is 15.5. The normalized spacial score (nSPS) is 23.3. The second-order valence-corrected chi connectivity index (χ2v) is 5.06. The number of ether oxygens (including phenoxy) is 2. The summed E-state index contributed by atoms with van der Waals surface area (Å²) in [5.74, 6) is -0.294. The van der Waals surface area contributed by atoms with Crippen molar-refractivity contribution < 1.29 is 19.4 Å². The van der Waals surface area contributed by atoms with E-state index < -0.39 is 12.2 Å². The summed E-state index contributed by atoms with van der Waals surface area (Å²) in [5, 5.41) is 13.3. The van der Waals surface area contributed by atoms with Crippen molar-refractivity contribution in [3.05, 3.63) is 42.0 Å². The maximum Gasteiger partial charge on any atom is 0.308 e. The fraction of sp³-hybridized carbons (Fsp3) is 0.438. The highest BCUT2D eigenvalue weighted by Crippen LogP contribution is 2.23. The fourth-order valence-electron chi connectivity index (χ4n) is 2.40. The molecule has 1 heterocycles. The predicted molar refractivity (Wildman–Crippen MR) is 79.9 cm³/mol. The number of anilines is 1. The van der Waals surface area contributed by atoms with Gasteiger partial charge < -0.3 is 19.9 Å². The van der Waals surface area contributed by atoms with Crippen LogP contribution < -0.4 is 5.32 Å². The number of esters is 1. The Morgan fingerprint density at radius 3 is 2.81 bits per heavy atom. The molecule has 114 valence electrons. The largest absolute Gasteiger partial charge is 0.457 e. The minimum absolute atomic E-state index is 0.239. The number of cyclic esters (lactones) is 1. The Labute approximate surface area is 124 Å². The molecule has 1 aliphatic rings. The van der Waals surface area contributed by atoms with E-state index in [0.717, 1.165) is 11.3 Å². The lowest BCUT2D eigenvalue weighted by molar-refractivity contribution is -0.144. The fourth-order valence-corrected chi connectivity index (χ4v) is 2.40. The van der Waals surface area contributed by atoms with Crippen LogP contribution in [0.4, 0.5) is 5.69 Å². The highest BCUT2D eigenvalue weighted by molar-refractivity contribution is 5.74. The van der Waals surface area contributed by atoms with Gasteiger partial charge in [0.15, 0.2) is 6.10 Å². The van der Waals surface area contributed by atoms with Gasteiger partial charge >= 0.3 is 5.97 Å². The summed E-state index contributed by atoms with van der Waals surface area (Å²) in [6.45, 7) is 2.38. The third-order valence-corrected chi connectivity index (χ3v) is 3.39. The van der Waals surface area contributed by atoms with Crippen LogP contribution in [0.5, 0.6) is 0 Å². The second kappa shape index (κ2) is 7.24. The molecule has 0 bridgehead atoms. The summed E-state index contributed by atoms with van der Waals surface area (Å²) in [4.78, 5) is 11.5. The Kier molecular flexibility index (Phi) is 5.36. The van der Waals surface area contributed by atoms with Gasteiger partial charge in [0, 0.05) is 12.8 Å². The van der Waals surface area contributed by atoms with Crippen molar-refractivity contribution in [1.29, 1.82) is 0 Å². The van der Waals surface area contributed by atoms with Crippen molar-refractivity contribution in [3.8, 4) is 0 Å². The van der Waals surface area contributed by atoms with E-state index in [4.69, 9.17) is 9.47 Å². The van der Waals surface area contributed by atoms with Gasteiger partial charge in [0.1, 0.15) is 6.10 Å². The summed E-state index contributed by atoms with van der Waals surface area (Å²) in [6, 6.07) is 7.53. The quantitative estimate of drug-likeness (QED) is 0.618. The number of carbonyl (C=O) groups is 1. The monoisotopic (exact) mass is 291 g/mol. The molecule has 0 spiro atoms. The molecule has 5 nitrogen and oxygen atoms in total. The van der Waals surface area contributed by atoms with Gasteiger partial charge in [-0.2, -0.15) is 0 Å². The number of benzene rings is 1. The number of aliphatic hydroxyl groups excluding tert-OH is 1. The van der Waals surface area contributed by atoms with Crippen LogP contribution >= 0.6 is 0 Å². The summed E-state index contributed by atoms with van der Waals surface area (Å²) in [7, 11) is 1.65. The molecule has 1 fully saturated rings. The van der Waals surface area contributed by atoms with E-state index in [2.05, 4.69) is 5.32 Å². The molecule has 1 aliphatic heterocycles. The molecule has 2 N–H and O–H groups in total. The minimum Gasteiger partial charge on any atom is -0.457 e. The molecule has 3 atom stereocenters. The number of hydrogen-bond acceptors (Lipinski definition) is 5. The highest BCUT2D eigenvalue weighted by Gasteiger charge is 2.38. The average Bonchev–Trinajstić information content (AvgIpc) is 2.82. The first-order valence-electron chi connectivity index (χ1n) is 6.99. The molecule has 1 saturated heterocycles. The zero-order valence-electron chi connectivity index (χ0n) is 12.3. The third-order valence-electron chi connectivity index (χ3n) is 3.39. The molecule has 1 aromatic rings. The Morgan fingerprint density at radius 2 is 2.19 bits per heavy atom. The predicted octanol–water partition coefficient (Wildman–Crippen LogP) is 1.87. The Morgan fingerprint density at radius 1 is 1.48 bits per heavy atom. The van der Waals surface area contributed by atoms with Crippen LogP contribution in [0.15, 0.2) is 36.4 Å². The number of aliphatic hydroxyl groups is 1. The van der Waals surface area contributed by atoms with Crippen molar-refractivity contribution >= 4 is 11.7 Å². The van der Waals surface area contributed by atoms with Gasteiger partial charge in [-0.15, -0.1) is 0 Å². The molecular formula is C16H21NO4. The van der Waals surface area contributed by atoms with Crippen LogP contribution in [-0.4, -0.2) is 36.4 Å². The van der Waals surface area contributed by atoms with E-state index >= 15 is 0 Å². The van der Waals surface area contributed by atoms with Gasteiger partial charge in [-0.1, -0.05) is 24.3 Å². The first-order chi connectivity index (χ1) is 10.1. The number of rotatable bonds is 6. The van der Waals surface area contributed by atoms with E-state index in [1.165, 1.54) is 0 Å². The summed E-state index contributed by atoms with van der Waals surface area (Å²) >= 11 is 0. The van der Waals surface area contributed by atoms with E-state index in [1.807, 2.05) is 31.2 Å². The Hall–Kier alpha value is -1.85. The van der Waals surface area contributed by atoms with Crippen LogP contribution in [0.25, 0.3) is 0 Å². The number of methoxy groups -OCH3 is 1. The average molecular weight is 291 g/mol. The van der Waals surface area contributed by atoms with Gasteiger partial charge in [-0.25, -0.2) is 0 Å². The summed E-state index contributed by atoms with van der Waals surface area (Å²) < 4.78 is 10.3. The topological polar surface area (TPSA) is 67.8 Å². The molecule has 0 aromatic heterocycles. The molecule has 0 saturated carbocycles. The number of carbonyl (C=O) groups excluding carboxylic acids is 1. The first-order valence-corrected chi connectivity index (χ1v) is 6.99. The molecule has 5 heteroatoms. The number of nitrogens with one attached hydrogen (secondary N) is 1. The van der Waals surface area contributed by atoms with Crippen molar-refractivity contribution in [2.24, 2.45) is 0 Å². The smallest absolute Gasteiger partial charge is 0.308 e. The Balaban J connectivity index is 2.04. The minimum atomic E-state index is -0.799. The van der Waals surface area contributed by atoms with Gasteiger partial charge in [0.25, 0.3) is 0 Å². The zero-order chi connectivity index (χ0) is 15.2. The highest BCUT2D eigenvalue weighted by atomic mass is 16.6. The molecule has 3 unspecified atom stereocenters. The molecule has 1 aromatic carbocycles. The van der Waals surface area contributed by atoms with Crippen molar-refractivity contribution in [3.63, 3.8) is 0 Å². The van der Waals surface area contributed by atoms with Crippen molar-refractivity contribution in [1.82, 2.24) is 0 Å². The van der Waals surface area contributed by atoms with Gasteiger partial charge in [-0.3, -0.25) is 4.79 Å². The lowest BCUT2D eigenvalue weighted by Crippen LogP contribution is -2.38. The van der Waals surface area contributed by atoms with Gasteiger partial charge in [0.05, 0.1) is 19.1 Å². The van der Waals surface area contributed by atoms with Gasteiger partial charge in [-0.05, 0) is 24.6 Å². The molecule has 21 heavy (non-hydrogen) atoms. The molecule has 0 amide bonds. The molecule has 0 radical (unpaired) electrons. The van der Waals surface area contributed by atoms with Crippen LogP contribution in [0.2, 0.25) is 0 Å². The van der Waals surface area contributed by atoms with Crippen molar-refractivity contribution in [2.75, 3.05) is 12.4 Å². The molecular weight excluding hydrogens is 270 g/mol. The number of hydrogen-bond donors (Lipinski definition) is 2. The SMILES string of the molecule is CC=CC(O)C1OC(=O)CC1Nc1ccc(COC)cc1. The summed E-state index contributed by atoms with van der Waals surface area (Å²) in [6.07, 6.45) is 2.26. The van der Waals surface area contributed by atoms with Gasteiger partial charge in [0.2, 0.25) is 0 Å². The van der Waals surface area contributed by atoms with E-state index in [1.54, 1.807) is 19.3 Å². The maximum absolute atomic E-state index is 11.5. The number of allylic oxidation sites excluding steroid dienone is 1. The lowest BCUT2D eigenvalue weighted by Gasteiger charge is -2.22. The second-order valence-electron chi connectivity index (χ2n) is 5.06. The van der Waals surface area contributed by atoms with Crippen LogP contribution in [0, 0.1) is 0 Å². The van der Waals surface area contributed by atoms with Crippen LogP contribution in [-0.2, 0) is 20.9 Å². The van der Waals surface area contributed by atoms with E-state index in [-0.39, 0.29) is 18.4 Å². The lowest BCUT2D eigenvalue weighted by atomic mass is 10.0. The van der Waals surface area contributed by atoms with Crippen LogP contribution in [0.1, 0.15) is 18.9 Å². The Bertz CT molecular complexity index is 498. The summed E-state index contributed by atoms with van der Waals surface area (Å²) in [5.41, 5.74) is 1.96. The van der Waals surface area contributed by atoms with Crippen LogP contribution in [0.3, 0.4) is 0 Å². The van der Waals surface area contributed by atoms with E-state index in [9.17, 15) is 9.90 Å². The molecule has 0 aliphatic carbocycles.